The smallest absolute Gasteiger partial charge is 0.332 e. The van der Waals surface area contributed by atoms with Crippen LogP contribution in [0.3, 0.4) is 0 Å². The first-order valence-corrected chi connectivity index (χ1v) is 5.24. The van der Waals surface area contributed by atoms with Gasteiger partial charge >= 0.3 is 10.2 Å². The van der Waals surface area contributed by atoms with E-state index in [4.69, 9.17) is 16.1 Å². The molecule has 0 radical (unpaired) electrons. The number of nitrogens with zero attached hydrogens (tertiary/aromatic N) is 1. The van der Waals surface area contributed by atoms with Crippen molar-refractivity contribution in [2.75, 3.05) is 0 Å². The summed E-state index contributed by atoms with van der Waals surface area (Å²) < 4.78 is 38.4. The fourth-order valence-corrected chi connectivity index (χ4v) is 1.71. The molecule has 1 aromatic carbocycles. The predicted molar refractivity (Wildman–Crippen MR) is 47.3 cm³/mol. The maximum absolute atomic E-state index is 12.6. The Labute approximate surface area is 83.5 Å². The lowest BCUT2D eigenvalue weighted by Crippen LogP contribution is -1.90. The number of benzene rings is 1. The largest absolute Gasteiger partial charge is 0.355 e. The van der Waals surface area contributed by atoms with Crippen LogP contribution in [0.25, 0.3) is 11.0 Å². The standard InChI is InChI=1S/C7H3ClFNO3S/c8-7-5-3-4(14(9,11)12)1-2-6(5)13-10-7/h1-3H. The SMILES string of the molecule is O=S(=O)(F)c1ccc2onc(Cl)c2c1. The van der Waals surface area contributed by atoms with Gasteiger partial charge in [-0.25, -0.2) is 0 Å². The topological polar surface area (TPSA) is 60.2 Å². The van der Waals surface area contributed by atoms with Crippen LogP contribution >= 0.6 is 11.6 Å². The molecule has 0 aliphatic carbocycles. The number of hydrogen-bond acceptors (Lipinski definition) is 4. The molecule has 0 amide bonds. The monoisotopic (exact) mass is 235 g/mol. The molecule has 0 spiro atoms. The number of aromatic nitrogens is 1. The minimum absolute atomic E-state index is 0.00509. The molecule has 0 fully saturated rings. The van der Waals surface area contributed by atoms with Crippen LogP contribution in [0.4, 0.5) is 3.89 Å². The van der Waals surface area contributed by atoms with E-state index in [0.717, 1.165) is 12.1 Å². The molecule has 0 aliphatic rings. The van der Waals surface area contributed by atoms with Crippen molar-refractivity contribution in [3.05, 3.63) is 23.4 Å². The van der Waals surface area contributed by atoms with E-state index < -0.39 is 15.1 Å². The lowest BCUT2D eigenvalue weighted by molar-refractivity contribution is 0.457. The van der Waals surface area contributed by atoms with Crippen LogP contribution in [0.2, 0.25) is 5.15 Å². The van der Waals surface area contributed by atoms with Gasteiger partial charge in [-0.1, -0.05) is 16.8 Å². The number of hydrogen-bond donors (Lipinski definition) is 0. The van der Waals surface area contributed by atoms with Gasteiger partial charge in [0.25, 0.3) is 0 Å². The molecule has 1 aromatic heterocycles. The molecule has 14 heavy (non-hydrogen) atoms. The molecule has 0 saturated heterocycles. The van der Waals surface area contributed by atoms with E-state index in [-0.39, 0.29) is 10.5 Å². The third-order valence-electron chi connectivity index (χ3n) is 1.68. The van der Waals surface area contributed by atoms with Crippen molar-refractivity contribution in [2.24, 2.45) is 0 Å². The summed E-state index contributed by atoms with van der Waals surface area (Å²) in [5.74, 6) is 0. The minimum Gasteiger partial charge on any atom is -0.355 e. The van der Waals surface area contributed by atoms with Crippen LogP contribution in [0.5, 0.6) is 0 Å². The molecule has 0 unspecified atom stereocenters. The van der Waals surface area contributed by atoms with Crippen molar-refractivity contribution in [3.63, 3.8) is 0 Å². The quantitative estimate of drug-likeness (QED) is 0.711. The average molecular weight is 236 g/mol. The Morgan fingerprint density at radius 1 is 1.43 bits per heavy atom. The third kappa shape index (κ3) is 1.46. The van der Waals surface area contributed by atoms with E-state index in [1.807, 2.05) is 0 Å². The van der Waals surface area contributed by atoms with Gasteiger partial charge in [0.1, 0.15) is 0 Å². The lowest BCUT2D eigenvalue weighted by atomic mass is 10.3. The third-order valence-corrected chi connectivity index (χ3v) is 2.77. The van der Waals surface area contributed by atoms with Gasteiger partial charge in [0.05, 0.1) is 10.3 Å². The van der Waals surface area contributed by atoms with E-state index in [1.165, 1.54) is 6.07 Å². The van der Waals surface area contributed by atoms with Gasteiger partial charge in [-0.15, -0.1) is 3.89 Å². The Bertz CT molecular complexity index is 592. The maximum atomic E-state index is 12.6. The number of halogens is 2. The summed E-state index contributed by atoms with van der Waals surface area (Å²) in [6.07, 6.45) is 0. The van der Waals surface area contributed by atoms with Crippen molar-refractivity contribution in [1.29, 1.82) is 0 Å². The van der Waals surface area contributed by atoms with Crippen LogP contribution in [-0.4, -0.2) is 13.6 Å². The van der Waals surface area contributed by atoms with Crippen LogP contribution in [-0.2, 0) is 10.2 Å². The molecule has 74 valence electrons. The molecule has 2 rings (SSSR count). The molecule has 2 aromatic rings. The molecule has 4 nitrogen and oxygen atoms in total. The zero-order valence-corrected chi connectivity index (χ0v) is 8.14. The Morgan fingerprint density at radius 2 is 2.14 bits per heavy atom. The summed E-state index contributed by atoms with van der Waals surface area (Å²) >= 11 is 5.57. The van der Waals surface area contributed by atoms with Crippen molar-refractivity contribution in [2.45, 2.75) is 4.90 Å². The highest BCUT2D eigenvalue weighted by atomic mass is 35.5. The number of fused-ring (bicyclic) bond motifs is 1. The summed E-state index contributed by atoms with van der Waals surface area (Å²) in [6.45, 7) is 0. The van der Waals surface area contributed by atoms with Crippen LogP contribution < -0.4 is 0 Å². The summed E-state index contributed by atoms with van der Waals surface area (Å²) in [5, 5.41) is 3.67. The van der Waals surface area contributed by atoms with Gasteiger partial charge in [0.2, 0.25) is 0 Å². The zero-order valence-electron chi connectivity index (χ0n) is 6.57. The van der Waals surface area contributed by atoms with Crippen LogP contribution in [0.1, 0.15) is 0 Å². The molecule has 0 saturated carbocycles. The van der Waals surface area contributed by atoms with Crippen LogP contribution in [0.15, 0.2) is 27.6 Å². The Balaban J connectivity index is 2.79. The van der Waals surface area contributed by atoms with Gasteiger partial charge < -0.3 is 4.52 Å². The highest BCUT2D eigenvalue weighted by Crippen LogP contribution is 2.25. The summed E-state index contributed by atoms with van der Waals surface area (Å²) in [5.41, 5.74) is 0.308. The molecule has 0 aliphatic heterocycles. The Kier molecular flexibility index (Phi) is 1.97. The molecule has 7 heteroatoms. The van der Waals surface area contributed by atoms with Gasteiger partial charge in [0, 0.05) is 0 Å². The number of rotatable bonds is 1. The summed E-state index contributed by atoms with van der Waals surface area (Å²) in [4.78, 5) is -0.463. The van der Waals surface area contributed by atoms with Crippen molar-refractivity contribution in [1.82, 2.24) is 5.16 Å². The summed E-state index contributed by atoms with van der Waals surface area (Å²) in [6, 6.07) is 3.45. The predicted octanol–water partition coefficient (Wildman–Crippen LogP) is 2.14. The van der Waals surface area contributed by atoms with Gasteiger partial charge in [-0.05, 0) is 18.2 Å². The molecule has 0 bridgehead atoms. The first kappa shape index (κ1) is 9.42. The van der Waals surface area contributed by atoms with Crippen molar-refractivity contribution >= 4 is 32.8 Å². The molecule has 1 heterocycles. The van der Waals surface area contributed by atoms with E-state index >= 15 is 0 Å². The molecule has 0 atom stereocenters. The first-order valence-electron chi connectivity index (χ1n) is 3.48. The fraction of sp³-hybridized carbons (Fsp3) is 0. The van der Waals surface area contributed by atoms with E-state index in [0.29, 0.717) is 5.58 Å². The van der Waals surface area contributed by atoms with Crippen molar-refractivity contribution < 1.29 is 16.8 Å². The maximum Gasteiger partial charge on any atom is 0.332 e. The van der Waals surface area contributed by atoms with E-state index in [9.17, 15) is 12.3 Å². The van der Waals surface area contributed by atoms with E-state index in [2.05, 4.69) is 5.16 Å². The summed E-state index contributed by atoms with van der Waals surface area (Å²) in [7, 11) is -4.72. The zero-order chi connectivity index (χ0) is 10.3. The second-order valence-electron chi connectivity index (χ2n) is 2.57. The van der Waals surface area contributed by atoms with Crippen molar-refractivity contribution in [3.8, 4) is 0 Å². The minimum atomic E-state index is -4.72. The fourth-order valence-electron chi connectivity index (χ4n) is 1.04. The molecular formula is C7H3ClFNO3S. The van der Waals surface area contributed by atoms with Gasteiger partial charge in [-0.2, -0.15) is 8.42 Å². The van der Waals surface area contributed by atoms with Gasteiger partial charge in [-0.3, -0.25) is 0 Å². The van der Waals surface area contributed by atoms with Gasteiger partial charge in [0.15, 0.2) is 10.7 Å². The highest BCUT2D eigenvalue weighted by molar-refractivity contribution is 7.86. The lowest BCUT2D eigenvalue weighted by Gasteiger charge is -1.92. The Morgan fingerprint density at radius 3 is 2.79 bits per heavy atom. The second kappa shape index (κ2) is 2.93. The first-order chi connectivity index (χ1) is 6.48. The van der Waals surface area contributed by atoms with E-state index in [1.54, 1.807) is 0 Å². The Hall–Kier alpha value is -1.14. The average Bonchev–Trinajstić information content (AvgIpc) is 2.46. The normalized spacial score (nSPS) is 12.1. The molecular weight excluding hydrogens is 233 g/mol. The van der Waals surface area contributed by atoms with Crippen LogP contribution in [0, 0.1) is 0 Å². The second-order valence-corrected chi connectivity index (χ2v) is 4.27. The highest BCUT2D eigenvalue weighted by Gasteiger charge is 2.15. The molecule has 0 N–H and O–H groups in total.